The minimum absolute atomic E-state index is 0.0219. The zero-order valence-electron chi connectivity index (χ0n) is 16.6. The Morgan fingerprint density at radius 2 is 1.90 bits per heavy atom. The Morgan fingerprint density at radius 3 is 2.67 bits per heavy atom. The number of nitrogens with zero attached hydrogens (tertiary/aromatic N) is 1. The van der Waals surface area contributed by atoms with E-state index >= 15 is 0 Å². The monoisotopic (exact) mass is 427 g/mol. The maximum absolute atomic E-state index is 12.7. The molecular formula is C22H25N3O4S. The Kier molecular flexibility index (Phi) is 6.03. The molecule has 0 unspecified atom stereocenters. The number of nitrogens with one attached hydrogen (secondary N) is 2. The molecule has 2 N–H and O–H groups in total. The SMILES string of the molecule is O=C(Nc1cc(CC2CCCCC2)[nH]n1)c1occc1CS(=O)(=O)c1ccccc1. The van der Waals surface area contributed by atoms with Crippen LogP contribution in [0.25, 0.3) is 0 Å². The van der Waals surface area contributed by atoms with Crippen LogP contribution in [0.5, 0.6) is 0 Å². The summed E-state index contributed by atoms with van der Waals surface area (Å²) in [6.45, 7) is 0. The van der Waals surface area contributed by atoms with E-state index in [-0.39, 0.29) is 16.4 Å². The lowest BCUT2D eigenvalue weighted by atomic mass is 9.86. The highest BCUT2D eigenvalue weighted by molar-refractivity contribution is 7.90. The number of anilines is 1. The minimum Gasteiger partial charge on any atom is -0.459 e. The van der Waals surface area contributed by atoms with Crippen LogP contribution in [0.2, 0.25) is 0 Å². The second-order valence-corrected chi connectivity index (χ2v) is 9.78. The Labute approximate surface area is 175 Å². The van der Waals surface area contributed by atoms with Gasteiger partial charge in [-0.05, 0) is 30.5 Å². The fourth-order valence-corrected chi connectivity index (χ4v) is 5.35. The predicted molar refractivity (Wildman–Crippen MR) is 113 cm³/mol. The van der Waals surface area contributed by atoms with Gasteiger partial charge in [0.2, 0.25) is 0 Å². The van der Waals surface area contributed by atoms with Gasteiger partial charge in [0.1, 0.15) is 0 Å². The molecule has 0 atom stereocenters. The van der Waals surface area contributed by atoms with Crippen LogP contribution in [0.1, 0.15) is 53.9 Å². The van der Waals surface area contributed by atoms with Crippen molar-refractivity contribution in [1.29, 1.82) is 0 Å². The number of H-pyrrole nitrogens is 1. The average Bonchev–Trinajstić information content (AvgIpc) is 3.38. The Balaban J connectivity index is 1.42. The van der Waals surface area contributed by atoms with Crippen LogP contribution in [0.15, 0.2) is 58.0 Å². The molecule has 1 amide bonds. The molecule has 1 saturated carbocycles. The smallest absolute Gasteiger partial charge is 0.292 e. The van der Waals surface area contributed by atoms with Crippen molar-refractivity contribution in [2.24, 2.45) is 5.92 Å². The van der Waals surface area contributed by atoms with Crippen molar-refractivity contribution in [3.05, 3.63) is 65.7 Å². The van der Waals surface area contributed by atoms with Gasteiger partial charge in [-0.15, -0.1) is 0 Å². The molecule has 158 valence electrons. The number of benzene rings is 1. The summed E-state index contributed by atoms with van der Waals surface area (Å²) in [5.74, 6) is 0.200. The van der Waals surface area contributed by atoms with Crippen LogP contribution in [-0.4, -0.2) is 24.5 Å². The number of aromatic amines is 1. The molecule has 1 aliphatic carbocycles. The van der Waals surface area contributed by atoms with Gasteiger partial charge < -0.3 is 9.73 Å². The van der Waals surface area contributed by atoms with Crippen molar-refractivity contribution in [3.63, 3.8) is 0 Å². The molecule has 1 aliphatic rings. The van der Waals surface area contributed by atoms with Crippen LogP contribution in [-0.2, 0) is 22.0 Å². The van der Waals surface area contributed by atoms with Gasteiger partial charge >= 0.3 is 0 Å². The number of amides is 1. The second kappa shape index (κ2) is 8.87. The van der Waals surface area contributed by atoms with Crippen molar-refractivity contribution < 1.29 is 17.6 Å². The summed E-state index contributed by atoms with van der Waals surface area (Å²) in [4.78, 5) is 12.9. The summed E-state index contributed by atoms with van der Waals surface area (Å²) in [5.41, 5.74) is 1.30. The molecule has 1 aromatic carbocycles. The lowest BCUT2D eigenvalue weighted by molar-refractivity contribution is 0.0995. The number of carbonyl (C=O) groups is 1. The molecule has 3 aromatic rings. The molecular weight excluding hydrogens is 402 g/mol. The van der Waals surface area contributed by atoms with Gasteiger partial charge in [-0.2, -0.15) is 5.10 Å². The number of hydrogen-bond acceptors (Lipinski definition) is 5. The second-order valence-electron chi connectivity index (χ2n) is 7.79. The Morgan fingerprint density at radius 1 is 1.13 bits per heavy atom. The van der Waals surface area contributed by atoms with Crippen LogP contribution in [0.3, 0.4) is 0 Å². The van der Waals surface area contributed by atoms with Gasteiger partial charge in [0.05, 0.1) is 16.9 Å². The number of sulfone groups is 1. The number of rotatable bonds is 7. The summed E-state index contributed by atoms with van der Waals surface area (Å²) in [6, 6.07) is 11.5. The molecule has 0 bridgehead atoms. The van der Waals surface area contributed by atoms with Gasteiger partial charge in [0, 0.05) is 17.3 Å². The van der Waals surface area contributed by atoms with Gasteiger partial charge in [-0.1, -0.05) is 50.3 Å². The first-order valence-electron chi connectivity index (χ1n) is 10.2. The fourth-order valence-electron chi connectivity index (χ4n) is 3.97. The molecule has 0 spiro atoms. The Hall–Kier alpha value is -2.87. The van der Waals surface area contributed by atoms with Crippen molar-refractivity contribution in [2.45, 2.75) is 49.2 Å². The van der Waals surface area contributed by atoms with E-state index in [1.807, 2.05) is 6.07 Å². The summed E-state index contributed by atoms with van der Waals surface area (Å²) in [5, 5.41) is 9.85. The van der Waals surface area contributed by atoms with Crippen molar-refractivity contribution in [3.8, 4) is 0 Å². The number of aromatic nitrogens is 2. The third-order valence-electron chi connectivity index (χ3n) is 5.51. The van der Waals surface area contributed by atoms with E-state index < -0.39 is 15.7 Å². The van der Waals surface area contributed by atoms with Gasteiger partial charge in [-0.25, -0.2) is 8.42 Å². The van der Waals surface area contributed by atoms with Crippen molar-refractivity contribution in [2.75, 3.05) is 5.32 Å². The number of furan rings is 1. The largest absolute Gasteiger partial charge is 0.459 e. The first kappa shape index (κ1) is 20.4. The lowest BCUT2D eigenvalue weighted by Gasteiger charge is -2.20. The van der Waals surface area contributed by atoms with E-state index in [0.29, 0.717) is 17.3 Å². The van der Waals surface area contributed by atoms with Crippen LogP contribution < -0.4 is 5.32 Å². The first-order valence-corrected chi connectivity index (χ1v) is 11.9. The van der Waals surface area contributed by atoms with E-state index in [4.69, 9.17) is 4.42 Å². The molecule has 7 nitrogen and oxygen atoms in total. The van der Waals surface area contributed by atoms with E-state index in [1.54, 1.807) is 18.2 Å². The Bertz CT molecular complexity index is 1100. The first-order chi connectivity index (χ1) is 14.5. The van der Waals surface area contributed by atoms with Gasteiger partial charge in [-0.3, -0.25) is 9.89 Å². The van der Waals surface area contributed by atoms with Crippen molar-refractivity contribution in [1.82, 2.24) is 10.2 Å². The number of hydrogen-bond donors (Lipinski definition) is 2. The lowest BCUT2D eigenvalue weighted by Crippen LogP contribution is -2.15. The van der Waals surface area contributed by atoms with Crippen LogP contribution in [0.4, 0.5) is 5.82 Å². The molecule has 2 heterocycles. The summed E-state index contributed by atoms with van der Waals surface area (Å²) >= 11 is 0. The normalized spacial score (nSPS) is 15.2. The highest BCUT2D eigenvalue weighted by atomic mass is 32.2. The quantitative estimate of drug-likeness (QED) is 0.583. The van der Waals surface area contributed by atoms with E-state index in [9.17, 15) is 13.2 Å². The van der Waals surface area contributed by atoms with E-state index in [1.165, 1.54) is 56.6 Å². The highest BCUT2D eigenvalue weighted by Gasteiger charge is 2.23. The molecule has 0 aliphatic heterocycles. The summed E-state index contributed by atoms with van der Waals surface area (Å²) < 4.78 is 30.6. The van der Waals surface area contributed by atoms with Crippen LogP contribution in [0, 0.1) is 5.92 Å². The molecule has 2 aromatic heterocycles. The molecule has 1 fully saturated rings. The van der Waals surface area contributed by atoms with Crippen LogP contribution >= 0.6 is 0 Å². The predicted octanol–water partition coefficient (Wildman–Crippen LogP) is 4.35. The third kappa shape index (κ3) is 4.81. The molecule has 4 rings (SSSR count). The van der Waals surface area contributed by atoms with Gasteiger partial charge in [0.15, 0.2) is 21.4 Å². The molecule has 8 heteroatoms. The maximum Gasteiger partial charge on any atom is 0.292 e. The third-order valence-corrected chi connectivity index (χ3v) is 7.19. The summed E-state index contributed by atoms with van der Waals surface area (Å²) in [6.07, 6.45) is 8.56. The average molecular weight is 428 g/mol. The maximum atomic E-state index is 12.7. The minimum atomic E-state index is -3.59. The number of carbonyl (C=O) groups excluding carboxylic acids is 1. The van der Waals surface area contributed by atoms with Crippen molar-refractivity contribution >= 4 is 21.6 Å². The molecule has 30 heavy (non-hydrogen) atoms. The van der Waals surface area contributed by atoms with E-state index in [0.717, 1.165) is 12.1 Å². The van der Waals surface area contributed by atoms with E-state index in [2.05, 4.69) is 15.5 Å². The highest BCUT2D eigenvalue weighted by Crippen LogP contribution is 2.27. The zero-order valence-corrected chi connectivity index (χ0v) is 17.5. The topological polar surface area (TPSA) is 105 Å². The standard InChI is InChI=1S/C22H25N3O4S/c26-22(23-20-14-18(24-25-20)13-16-7-3-1-4-8-16)21-17(11-12-29-21)15-30(27,28)19-9-5-2-6-10-19/h2,5-6,9-12,14,16H,1,3-4,7-8,13,15H2,(H2,23,24,25,26). The zero-order chi connectivity index (χ0) is 21.0. The molecule has 0 radical (unpaired) electrons. The fraction of sp³-hybridized carbons (Fsp3) is 0.364. The summed E-state index contributed by atoms with van der Waals surface area (Å²) in [7, 11) is -3.59. The molecule has 0 saturated heterocycles. The van der Waals surface area contributed by atoms with Gasteiger partial charge in [0.25, 0.3) is 5.91 Å².